The number of carbonyl (C=O) groups excluding carboxylic acids is 2. The molecule has 1 atom stereocenters. The van der Waals surface area contributed by atoms with Crippen molar-refractivity contribution in [2.24, 2.45) is 5.73 Å². The SMILES string of the molecule is NCCOP(=O)(O)OC(COC(=O)COc1cc(I)cc(I)c1I)COC(=O)COc1cc(I)cc(I)c1I. The standard InChI is InChI=1S/C21H20I6NO10P/c22-11-3-14(24)20(26)16(5-11)33-9-18(29)35-7-13(38-39(31,32)37-2-1-28)8-36-19(30)10-34-17-6-12(23)4-15(25)21(17)27/h3-6,13H,1-2,7-10,28H2,(H,31,32). The molecule has 39 heavy (non-hydrogen) atoms. The minimum Gasteiger partial charge on any atom is -0.481 e. The van der Waals surface area contributed by atoms with Crippen LogP contribution in [0.5, 0.6) is 11.5 Å². The number of benzene rings is 2. The molecular formula is C21H20I6NO10P. The van der Waals surface area contributed by atoms with Gasteiger partial charge in [0.25, 0.3) is 0 Å². The van der Waals surface area contributed by atoms with Crippen LogP contribution in [0.2, 0.25) is 0 Å². The molecule has 2 aromatic rings. The lowest BCUT2D eigenvalue weighted by Crippen LogP contribution is -2.30. The summed E-state index contributed by atoms with van der Waals surface area (Å²) in [6, 6.07) is 7.48. The molecular weight excluding hydrogens is 1220 g/mol. The summed E-state index contributed by atoms with van der Waals surface area (Å²) in [7, 11) is -4.58. The zero-order valence-electron chi connectivity index (χ0n) is 19.5. The van der Waals surface area contributed by atoms with Gasteiger partial charge in [0, 0.05) is 20.8 Å². The summed E-state index contributed by atoms with van der Waals surface area (Å²) >= 11 is 12.8. The average Bonchev–Trinajstić information content (AvgIpc) is 2.86. The van der Waals surface area contributed by atoms with Crippen molar-refractivity contribution in [1.29, 1.82) is 0 Å². The lowest BCUT2D eigenvalue weighted by Gasteiger charge is -2.21. The van der Waals surface area contributed by atoms with Gasteiger partial charge in [0.05, 0.1) is 13.7 Å². The number of ether oxygens (including phenoxy) is 4. The molecule has 0 saturated carbocycles. The zero-order chi connectivity index (χ0) is 29.2. The van der Waals surface area contributed by atoms with Crippen molar-refractivity contribution in [3.05, 3.63) is 45.7 Å². The number of nitrogens with two attached hydrogens (primary N) is 1. The summed E-state index contributed by atoms with van der Waals surface area (Å²) in [6.45, 7) is -2.13. The maximum absolute atomic E-state index is 12.3. The van der Waals surface area contributed by atoms with Gasteiger partial charge in [-0.2, -0.15) is 0 Å². The summed E-state index contributed by atoms with van der Waals surface area (Å²) in [4.78, 5) is 34.5. The van der Waals surface area contributed by atoms with E-state index in [1.807, 2.05) is 12.1 Å². The number of phosphoric acid groups is 1. The summed E-state index contributed by atoms with van der Waals surface area (Å²) in [6.07, 6.45) is -1.32. The van der Waals surface area contributed by atoms with Gasteiger partial charge in [-0.25, -0.2) is 14.2 Å². The largest absolute Gasteiger partial charge is 0.481 e. The van der Waals surface area contributed by atoms with Gasteiger partial charge in [-0.05, 0) is 160 Å². The van der Waals surface area contributed by atoms with Crippen LogP contribution < -0.4 is 15.2 Å². The van der Waals surface area contributed by atoms with Crippen molar-refractivity contribution in [3.63, 3.8) is 0 Å². The van der Waals surface area contributed by atoms with Gasteiger partial charge in [0.15, 0.2) is 13.2 Å². The molecule has 0 aliphatic heterocycles. The Balaban J connectivity index is 1.95. The highest BCUT2D eigenvalue weighted by molar-refractivity contribution is 14.1. The van der Waals surface area contributed by atoms with E-state index in [2.05, 4.69) is 136 Å². The van der Waals surface area contributed by atoms with Crippen molar-refractivity contribution in [2.45, 2.75) is 6.10 Å². The van der Waals surface area contributed by atoms with Crippen LogP contribution in [0, 0.1) is 21.4 Å². The Kier molecular flexibility index (Phi) is 17.2. The first-order chi connectivity index (χ1) is 18.3. The number of rotatable bonds is 15. The second-order valence-corrected chi connectivity index (χ2v) is 15.5. The van der Waals surface area contributed by atoms with E-state index in [1.54, 1.807) is 12.1 Å². The van der Waals surface area contributed by atoms with Gasteiger partial charge in [-0.15, -0.1) is 0 Å². The molecule has 0 fully saturated rings. The third kappa shape index (κ3) is 13.7. The van der Waals surface area contributed by atoms with Crippen LogP contribution in [-0.2, 0) is 32.7 Å². The van der Waals surface area contributed by atoms with Crippen molar-refractivity contribution < 1.29 is 47.0 Å². The Morgan fingerprint density at radius 2 is 1.26 bits per heavy atom. The zero-order valence-corrected chi connectivity index (χ0v) is 33.4. The van der Waals surface area contributed by atoms with Gasteiger partial charge in [0.1, 0.15) is 30.8 Å². The van der Waals surface area contributed by atoms with Crippen molar-refractivity contribution >= 4 is 155 Å². The highest BCUT2D eigenvalue weighted by Crippen LogP contribution is 2.44. The van der Waals surface area contributed by atoms with E-state index < -0.39 is 52.3 Å². The monoisotopic (exact) mass is 1240 g/mol. The number of hydrogen-bond donors (Lipinski definition) is 2. The number of phosphoric ester groups is 1. The van der Waals surface area contributed by atoms with E-state index in [1.165, 1.54) is 0 Å². The molecule has 0 aromatic heterocycles. The third-order valence-corrected chi connectivity index (χ3v) is 12.4. The first kappa shape index (κ1) is 36.6. The van der Waals surface area contributed by atoms with Crippen LogP contribution in [0.1, 0.15) is 0 Å². The molecule has 0 heterocycles. The van der Waals surface area contributed by atoms with Crippen LogP contribution in [-0.4, -0.2) is 62.5 Å². The summed E-state index contributed by atoms with van der Waals surface area (Å²) in [5.74, 6) is -0.501. The van der Waals surface area contributed by atoms with Gasteiger partial charge in [0.2, 0.25) is 0 Å². The van der Waals surface area contributed by atoms with Crippen molar-refractivity contribution in [2.75, 3.05) is 39.6 Å². The minimum atomic E-state index is -4.58. The average molecular weight is 1240 g/mol. The van der Waals surface area contributed by atoms with Gasteiger partial charge >= 0.3 is 19.8 Å². The van der Waals surface area contributed by atoms with Gasteiger partial charge < -0.3 is 29.6 Å². The first-order valence-electron chi connectivity index (χ1n) is 10.5. The predicted molar refractivity (Wildman–Crippen MR) is 192 cm³/mol. The molecule has 11 nitrogen and oxygen atoms in total. The maximum atomic E-state index is 12.3. The van der Waals surface area contributed by atoms with Crippen LogP contribution in [0.3, 0.4) is 0 Å². The fraction of sp³-hybridized carbons (Fsp3) is 0.333. The Labute approximate surface area is 306 Å². The van der Waals surface area contributed by atoms with E-state index >= 15 is 0 Å². The van der Waals surface area contributed by atoms with Crippen molar-refractivity contribution in [1.82, 2.24) is 0 Å². The number of hydrogen-bond acceptors (Lipinski definition) is 10. The molecule has 216 valence electrons. The molecule has 0 bridgehead atoms. The Hall–Kier alpha value is 1.43. The highest BCUT2D eigenvalue weighted by atomic mass is 127. The first-order valence-corrected chi connectivity index (χ1v) is 18.5. The fourth-order valence-corrected chi connectivity index (χ4v) is 7.91. The Morgan fingerprint density at radius 1 is 0.821 bits per heavy atom. The van der Waals surface area contributed by atoms with Crippen LogP contribution in [0.25, 0.3) is 0 Å². The van der Waals surface area contributed by atoms with Crippen LogP contribution in [0.4, 0.5) is 0 Å². The lowest BCUT2D eigenvalue weighted by atomic mass is 10.3. The molecule has 18 heteroatoms. The van der Waals surface area contributed by atoms with E-state index in [9.17, 15) is 19.0 Å². The number of carbonyl (C=O) groups is 2. The molecule has 0 radical (unpaired) electrons. The molecule has 2 rings (SSSR count). The summed E-state index contributed by atoms with van der Waals surface area (Å²) in [5, 5.41) is 0. The minimum absolute atomic E-state index is 0.0243. The molecule has 0 aliphatic rings. The molecule has 0 amide bonds. The number of halogens is 6. The molecule has 0 spiro atoms. The molecule has 2 aromatic carbocycles. The van der Waals surface area contributed by atoms with E-state index in [0.717, 1.165) is 21.4 Å². The summed E-state index contributed by atoms with van der Waals surface area (Å²) < 4.78 is 48.9. The molecule has 1 unspecified atom stereocenters. The van der Waals surface area contributed by atoms with E-state index in [0.29, 0.717) is 11.5 Å². The highest BCUT2D eigenvalue weighted by Gasteiger charge is 2.29. The van der Waals surface area contributed by atoms with Gasteiger partial charge in [-0.3, -0.25) is 9.05 Å². The normalized spacial score (nSPS) is 12.6. The molecule has 0 aliphatic carbocycles. The second-order valence-electron chi connectivity index (χ2n) is 7.16. The topological polar surface area (TPSA) is 153 Å². The molecule has 3 N–H and O–H groups in total. The quantitative estimate of drug-likeness (QED) is 0.103. The smallest absolute Gasteiger partial charge is 0.472 e. The van der Waals surface area contributed by atoms with E-state index in [-0.39, 0.29) is 13.2 Å². The Morgan fingerprint density at radius 3 is 1.67 bits per heavy atom. The van der Waals surface area contributed by atoms with Crippen LogP contribution >= 0.6 is 143 Å². The van der Waals surface area contributed by atoms with Crippen molar-refractivity contribution in [3.8, 4) is 11.5 Å². The van der Waals surface area contributed by atoms with Crippen LogP contribution in [0.15, 0.2) is 24.3 Å². The predicted octanol–water partition coefficient (Wildman–Crippen LogP) is 5.32. The van der Waals surface area contributed by atoms with Gasteiger partial charge in [-0.1, -0.05) is 0 Å². The fourth-order valence-electron chi connectivity index (χ4n) is 2.50. The maximum Gasteiger partial charge on any atom is 0.472 e. The Bertz CT molecular complexity index is 1140. The number of esters is 2. The third-order valence-electron chi connectivity index (χ3n) is 4.13. The molecule has 0 saturated heterocycles. The second kappa shape index (κ2) is 18.3. The lowest BCUT2D eigenvalue weighted by molar-refractivity contribution is -0.154. The van der Waals surface area contributed by atoms with E-state index in [4.69, 9.17) is 33.7 Å². The summed E-state index contributed by atoms with van der Waals surface area (Å²) in [5.41, 5.74) is 5.30.